The highest BCUT2D eigenvalue weighted by Gasteiger charge is 2.35. The van der Waals surface area contributed by atoms with Gasteiger partial charge in [0.25, 0.3) is 0 Å². The summed E-state index contributed by atoms with van der Waals surface area (Å²) in [6.45, 7) is 7.53. The summed E-state index contributed by atoms with van der Waals surface area (Å²) in [4.78, 5) is 23.1. The van der Waals surface area contributed by atoms with E-state index in [0.29, 0.717) is 11.8 Å². The number of hydrogen-bond acceptors (Lipinski definition) is 4. The zero-order chi connectivity index (χ0) is 17.2. The third kappa shape index (κ3) is 4.14. The molecule has 1 saturated heterocycles. The van der Waals surface area contributed by atoms with Gasteiger partial charge in [0.1, 0.15) is 0 Å². The molecule has 2 aliphatic heterocycles. The number of fused-ring (bicyclic) bond motifs is 1. The molecular formula is C20H29N3OS. The number of rotatable bonds is 4. The second-order valence-corrected chi connectivity index (χ2v) is 8.78. The molecule has 4 nitrogen and oxygen atoms in total. The van der Waals surface area contributed by atoms with Crippen LogP contribution in [-0.4, -0.2) is 46.9 Å². The van der Waals surface area contributed by atoms with Crippen molar-refractivity contribution in [1.82, 2.24) is 14.8 Å². The van der Waals surface area contributed by atoms with Gasteiger partial charge < -0.3 is 9.80 Å². The zero-order valence-electron chi connectivity index (χ0n) is 15.3. The number of carbonyl (C=O) groups excluding carboxylic acids is 1. The second-order valence-electron chi connectivity index (χ2n) is 7.62. The summed E-state index contributed by atoms with van der Waals surface area (Å²) in [5, 5.41) is 1.23. The van der Waals surface area contributed by atoms with Crippen LogP contribution in [-0.2, 0) is 24.2 Å². The van der Waals surface area contributed by atoms with Crippen molar-refractivity contribution < 1.29 is 4.79 Å². The van der Waals surface area contributed by atoms with Gasteiger partial charge in [-0.3, -0.25) is 4.79 Å². The maximum atomic E-state index is 12.3. The van der Waals surface area contributed by atoms with Crippen LogP contribution < -0.4 is 0 Å². The molecule has 0 bridgehead atoms. The van der Waals surface area contributed by atoms with Crippen LogP contribution in [0.25, 0.3) is 0 Å². The Labute approximate surface area is 154 Å². The first-order chi connectivity index (χ1) is 12.2. The molecule has 1 saturated carbocycles. The van der Waals surface area contributed by atoms with Crippen LogP contribution >= 0.6 is 11.3 Å². The number of likely N-dealkylation sites (tertiary alicyclic amines) is 1. The van der Waals surface area contributed by atoms with Crippen molar-refractivity contribution in [3.8, 4) is 0 Å². The Kier molecular flexibility index (Phi) is 5.23. The summed E-state index contributed by atoms with van der Waals surface area (Å²) in [6, 6.07) is 0. The Morgan fingerprint density at radius 3 is 2.92 bits per heavy atom. The third-order valence-corrected chi connectivity index (χ3v) is 6.85. The molecule has 1 aromatic rings. The number of thiazole rings is 1. The maximum Gasteiger partial charge on any atom is 0.226 e. The summed E-state index contributed by atoms with van der Waals surface area (Å²) in [5.74, 6) is 0.707. The van der Waals surface area contributed by atoms with Crippen molar-refractivity contribution in [2.24, 2.45) is 5.92 Å². The SMILES string of the molecule is CCN1CCCC(=CCc2nc3c(s2)CN(C(=O)C2CC2)CC3)CC1. The number of hydrogen-bond donors (Lipinski definition) is 0. The minimum Gasteiger partial charge on any atom is -0.337 e. The lowest BCUT2D eigenvalue weighted by Gasteiger charge is -2.26. The lowest BCUT2D eigenvalue weighted by molar-refractivity contribution is -0.133. The van der Waals surface area contributed by atoms with E-state index in [2.05, 4.69) is 22.8 Å². The van der Waals surface area contributed by atoms with Gasteiger partial charge in [0.2, 0.25) is 5.91 Å². The fourth-order valence-corrected chi connectivity index (χ4v) is 5.03. The fraction of sp³-hybridized carbons (Fsp3) is 0.700. The molecule has 1 aromatic heterocycles. The topological polar surface area (TPSA) is 36.4 Å². The van der Waals surface area contributed by atoms with Gasteiger partial charge in [0, 0.05) is 36.7 Å². The lowest BCUT2D eigenvalue weighted by Crippen LogP contribution is -2.36. The average Bonchev–Trinajstić information content (AvgIpc) is 3.42. The van der Waals surface area contributed by atoms with Crippen LogP contribution in [0, 0.1) is 5.92 Å². The molecule has 1 aliphatic carbocycles. The van der Waals surface area contributed by atoms with E-state index in [1.165, 1.54) is 54.5 Å². The van der Waals surface area contributed by atoms with Gasteiger partial charge in [-0.25, -0.2) is 4.98 Å². The molecule has 0 unspecified atom stereocenters. The molecule has 5 heteroatoms. The standard InChI is InChI=1S/C20H29N3OS/c1-2-22-11-3-4-15(9-12-22)5-8-19-21-17-10-13-23(14-18(17)25-19)20(24)16-6-7-16/h5,16H,2-4,6-14H2,1H3. The Morgan fingerprint density at radius 2 is 2.12 bits per heavy atom. The van der Waals surface area contributed by atoms with Crippen molar-refractivity contribution in [3.63, 3.8) is 0 Å². The Morgan fingerprint density at radius 1 is 1.24 bits per heavy atom. The van der Waals surface area contributed by atoms with Gasteiger partial charge in [-0.05, 0) is 45.2 Å². The first kappa shape index (κ1) is 17.2. The Hall–Kier alpha value is -1.20. The molecule has 0 spiro atoms. The van der Waals surface area contributed by atoms with Crippen molar-refractivity contribution in [1.29, 1.82) is 0 Å². The summed E-state index contributed by atoms with van der Waals surface area (Å²) in [6.07, 6.45) is 10.3. The molecule has 3 heterocycles. The summed E-state index contributed by atoms with van der Waals surface area (Å²) in [7, 11) is 0. The average molecular weight is 360 g/mol. The van der Waals surface area contributed by atoms with Gasteiger partial charge in [0.15, 0.2) is 0 Å². The first-order valence-electron chi connectivity index (χ1n) is 9.89. The smallest absolute Gasteiger partial charge is 0.226 e. The van der Waals surface area contributed by atoms with Crippen LogP contribution in [0.2, 0.25) is 0 Å². The van der Waals surface area contributed by atoms with Crippen LogP contribution in [0.15, 0.2) is 11.6 Å². The number of carbonyl (C=O) groups is 1. The number of allylic oxidation sites excluding steroid dienone is 1. The van der Waals surface area contributed by atoms with Crippen LogP contribution in [0.4, 0.5) is 0 Å². The Balaban J connectivity index is 1.36. The minimum atomic E-state index is 0.330. The van der Waals surface area contributed by atoms with E-state index in [1.807, 2.05) is 11.3 Å². The van der Waals surface area contributed by atoms with Gasteiger partial charge in [-0.1, -0.05) is 18.6 Å². The molecule has 4 rings (SSSR count). The maximum absolute atomic E-state index is 12.3. The summed E-state index contributed by atoms with van der Waals surface area (Å²) < 4.78 is 0. The molecule has 25 heavy (non-hydrogen) atoms. The molecule has 2 fully saturated rings. The number of amides is 1. The minimum absolute atomic E-state index is 0.330. The molecule has 1 amide bonds. The normalized spacial score (nSPS) is 23.6. The van der Waals surface area contributed by atoms with Gasteiger partial charge >= 0.3 is 0 Å². The highest BCUT2D eigenvalue weighted by atomic mass is 32.1. The van der Waals surface area contributed by atoms with E-state index < -0.39 is 0 Å². The summed E-state index contributed by atoms with van der Waals surface area (Å²) in [5.41, 5.74) is 2.85. The van der Waals surface area contributed by atoms with E-state index in [4.69, 9.17) is 4.98 Å². The highest BCUT2D eigenvalue weighted by Crippen LogP contribution is 2.34. The second kappa shape index (κ2) is 7.58. The summed E-state index contributed by atoms with van der Waals surface area (Å²) >= 11 is 1.83. The van der Waals surface area contributed by atoms with E-state index in [9.17, 15) is 4.79 Å². The van der Waals surface area contributed by atoms with Crippen molar-refractivity contribution >= 4 is 17.2 Å². The van der Waals surface area contributed by atoms with Crippen molar-refractivity contribution in [2.75, 3.05) is 26.2 Å². The van der Waals surface area contributed by atoms with E-state index in [0.717, 1.165) is 38.8 Å². The lowest BCUT2D eigenvalue weighted by atomic mass is 10.1. The van der Waals surface area contributed by atoms with Gasteiger partial charge in [-0.15, -0.1) is 11.3 Å². The third-order valence-electron chi connectivity index (χ3n) is 5.75. The molecule has 0 aromatic carbocycles. The number of nitrogens with zero attached hydrogens (tertiary/aromatic N) is 3. The first-order valence-corrected chi connectivity index (χ1v) is 10.7. The quantitative estimate of drug-likeness (QED) is 0.773. The van der Waals surface area contributed by atoms with Crippen molar-refractivity contribution in [2.45, 2.75) is 58.4 Å². The molecule has 3 aliphatic rings. The Bertz CT molecular complexity index is 662. The van der Waals surface area contributed by atoms with E-state index in [1.54, 1.807) is 5.57 Å². The highest BCUT2D eigenvalue weighted by molar-refractivity contribution is 7.11. The molecule has 0 radical (unpaired) electrons. The largest absolute Gasteiger partial charge is 0.337 e. The van der Waals surface area contributed by atoms with Crippen LogP contribution in [0.5, 0.6) is 0 Å². The zero-order valence-corrected chi connectivity index (χ0v) is 16.1. The molecule has 136 valence electrons. The fourth-order valence-electron chi connectivity index (χ4n) is 3.93. The van der Waals surface area contributed by atoms with E-state index in [-0.39, 0.29) is 0 Å². The van der Waals surface area contributed by atoms with Gasteiger partial charge in [-0.2, -0.15) is 0 Å². The molecule has 0 N–H and O–H groups in total. The van der Waals surface area contributed by atoms with Crippen molar-refractivity contribution in [3.05, 3.63) is 27.2 Å². The van der Waals surface area contributed by atoms with E-state index >= 15 is 0 Å². The number of aromatic nitrogens is 1. The van der Waals surface area contributed by atoms with Crippen LogP contribution in [0.1, 0.15) is 54.6 Å². The van der Waals surface area contributed by atoms with Gasteiger partial charge in [0.05, 0.1) is 17.2 Å². The predicted octanol–water partition coefficient (Wildman–Crippen LogP) is 3.41. The van der Waals surface area contributed by atoms with Crippen LogP contribution in [0.3, 0.4) is 0 Å². The predicted molar refractivity (Wildman–Crippen MR) is 102 cm³/mol. The molecule has 0 atom stereocenters. The molecular weight excluding hydrogens is 330 g/mol. The monoisotopic (exact) mass is 359 g/mol.